The van der Waals surface area contributed by atoms with Gasteiger partial charge in [-0.3, -0.25) is 0 Å². The van der Waals surface area contributed by atoms with Gasteiger partial charge in [0.2, 0.25) is 0 Å². The van der Waals surface area contributed by atoms with Crippen LogP contribution in [0.1, 0.15) is 44.6 Å². The topological polar surface area (TPSA) is 43.2 Å². The molecular weight excluding hydrogens is 343 g/mol. The number of hydrogen-bond donors (Lipinski definition) is 0. The summed E-state index contributed by atoms with van der Waals surface area (Å²) in [4.78, 5) is 6.52. The number of pyridine rings is 1. The van der Waals surface area contributed by atoms with E-state index in [0.29, 0.717) is 17.3 Å². The lowest BCUT2D eigenvalue weighted by Crippen LogP contribution is -2.27. The highest BCUT2D eigenvalue weighted by atomic mass is 19.1. The van der Waals surface area contributed by atoms with Crippen LogP contribution in [-0.2, 0) is 4.74 Å². The number of nitrogens with zero attached hydrogens (tertiary/aromatic N) is 4. The van der Waals surface area contributed by atoms with Gasteiger partial charge in [0.25, 0.3) is 0 Å². The molecule has 1 saturated carbocycles. The van der Waals surface area contributed by atoms with Crippen molar-refractivity contribution in [3.05, 3.63) is 60.0 Å². The van der Waals surface area contributed by atoms with E-state index in [1.54, 1.807) is 23.1 Å². The molecule has 0 saturated heterocycles. The van der Waals surface area contributed by atoms with Gasteiger partial charge in [-0.25, -0.2) is 14.1 Å². The van der Waals surface area contributed by atoms with Crippen LogP contribution in [0.5, 0.6) is 0 Å². The van der Waals surface area contributed by atoms with Crippen molar-refractivity contribution in [2.75, 3.05) is 4.90 Å². The Kier molecular flexibility index (Phi) is 3.67. The number of halogens is 1. The molecule has 0 amide bonds. The van der Waals surface area contributed by atoms with Gasteiger partial charge in [-0.1, -0.05) is 6.42 Å². The van der Waals surface area contributed by atoms with Crippen molar-refractivity contribution in [3.63, 3.8) is 0 Å². The molecule has 138 valence electrons. The number of fused-ring (bicyclic) bond motifs is 1. The quantitative estimate of drug-likeness (QED) is 0.665. The zero-order valence-electron chi connectivity index (χ0n) is 15.4. The van der Waals surface area contributed by atoms with Crippen LogP contribution in [0.25, 0.3) is 16.7 Å². The van der Waals surface area contributed by atoms with Gasteiger partial charge in [0.15, 0.2) is 11.9 Å². The van der Waals surface area contributed by atoms with Gasteiger partial charge in [0.1, 0.15) is 17.8 Å². The Morgan fingerprint density at radius 1 is 1.22 bits per heavy atom. The minimum Gasteiger partial charge on any atom is -0.476 e. The first-order valence-electron chi connectivity index (χ1n) is 9.37. The molecule has 27 heavy (non-hydrogen) atoms. The lowest BCUT2D eigenvalue weighted by molar-refractivity contribution is 0.190. The van der Waals surface area contributed by atoms with E-state index >= 15 is 0 Å². The SMILES string of the molecule is CC1=COC(C)N1c1ccc(F)c(-n2cc3cc(C4CCC4)cnc3n2)c1. The third-order valence-electron chi connectivity index (χ3n) is 5.59. The molecule has 2 aliphatic rings. The molecule has 1 fully saturated rings. The van der Waals surface area contributed by atoms with Crippen LogP contribution >= 0.6 is 0 Å². The molecule has 3 aromatic rings. The van der Waals surface area contributed by atoms with Crippen molar-refractivity contribution in [3.8, 4) is 5.69 Å². The molecule has 3 heterocycles. The molecule has 5 nitrogen and oxygen atoms in total. The van der Waals surface area contributed by atoms with Gasteiger partial charge in [-0.2, -0.15) is 0 Å². The minimum absolute atomic E-state index is 0.119. The second-order valence-electron chi connectivity index (χ2n) is 7.38. The van der Waals surface area contributed by atoms with E-state index in [9.17, 15) is 4.39 Å². The average Bonchev–Trinajstić information content (AvgIpc) is 3.17. The van der Waals surface area contributed by atoms with Crippen molar-refractivity contribution < 1.29 is 9.13 Å². The van der Waals surface area contributed by atoms with Crippen LogP contribution in [0.3, 0.4) is 0 Å². The Morgan fingerprint density at radius 3 is 2.78 bits per heavy atom. The Balaban J connectivity index is 1.55. The fourth-order valence-electron chi connectivity index (χ4n) is 3.86. The minimum atomic E-state index is -0.319. The summed E-state index contributed by atoms with van der Waals surface area (Å²) in [7, 11) is 0. The third-order valence-corrected chi connectivity index (χ3v) is 5.59. The summed E-state index contributed by atoms with van der Waals surface area (Å²) in [5.41, 5.74) is 4.15. The first-order valence-corrected chi connectivity index (χ1v) is 9.37. The molecule has 0 bridgehead atoms. The summed E-state index contributed by atoms with van der Waals surface area (Å²) in [5, 5.41) is 5.44. The van der Waals surface area contributed by atoms with Crippen molar-refractivity contribution in [2.45, 2.75) is 45.3 Å². The summed E-state index contributed by atoms with van der Waals surface area (Å²) >= 11 is 0. The molecule has 1 aromatic carbocycles. The molecule has 2 aromatic heterocycles. The zero-order valence-corrected chi connectivity index (χ0v) is 15.4. The predicted molar refractivity (Wildman–Crippen MR) is 102 cm³/mol. The highest BCUT2D eigenvalue weighted by Gasteiger charge is 2.24. The summed E-state index contributed by atoms with van der Waals surface area (Å²) in [6.07, 6.45) is 9.11. The second kappa shape index (κ2) is 6.08. The summed E-state index contributed by atoms with van der Waals surface area (Å²) < 4.78 is 21.7. The molecule has 1 atom stereocenters. The van der Waals surface area contributed by atoms with Gasteiger partial charge >= 0.3 is 0 Å². The second-order valence-corrected chi connectivity index (χ2v) is 7.38. The van der Waals surface area contributed by atoms with Crippen LogP contribution in [-0.4, -0.2) is 21.0 Å². The highest BCUT2D eigenvalue weighted by molar-refractivity contribution is 5.75. The van der Waals surface area contributed by atoms with Gasteiger partial charge in [-0.15, -0.1) is 5.10 Å². The third kappa shape index (κ3) is 2.67. The van der Waals surface area contributed by atoms with Crippen molar-refractivity contribution in [1.82, 2.24) is 14.8 Å². The molecule has 0 spiro atoms. The Bertz CT molecular complexity index is 1050. The van der Waals surface area contributed by atoms with Crippen molar-refractivity contribution in [1.29, 1.82) is 0 Å². The van der Waals surface area contributed by atoms with E-state index in [0.717, 1.165) is 16.8 Å². The predicted octanol–water partition coefficient (Wildman–Crippen LogP) is 4.87. The maximum Gasteiger partial charge on any atom is 0.181 e. The molecule has 0 N–H and O–H groups in total. The molecule has 6 heteroatoms. The number of benzene rings is 1. The summed E-state index contributed by atoms with van der Waals surface area (Å²) in [5.74, 6) is 0.289. The Labute approximate surface area is 157 Å². The van der Waals surface area contributed by atoms with Gasteiger partial charge < -0.3 is 9.64 Å². The fraction of sp³-hybridized carbons (Fsp3) is 0.333. The molecular formula is C21H21FN4O. The lowest BCUT2D eigenvalue weighted by atomic mass is 9.80. The zero-order chi connectivity index (χ0) is 18.5. The number of aromatic nitrogens is 3. The summed E-state index contributed by atoms with van der Waals surface area (Å²) in [6, 6.07) is 7.18. The maximum absolute atomic E-state index is 14.6. The molecule has 0 radical (unpaired) electrons. The Hall–Kier alpha value is -2.89. The molecule has 1 aliphatic carbocycles. The average molecular weight is 364 g/mol. The van der Waals surface area contributed by atoms with Crippen LogP contribution in [0, 0.1) is 5.82 Å². The standard InChI is InChI=1S/C21H21FN4O/c1-13-12-27-14(2)26(13)18-6-7-19(22)20(9-18)25-11-17-8-16(15-4-3-5-15)10-23-21(17)24-25/h6-12,14-15H,3-5H2,1-2H3. The smallest absolute Gasteiger partial charge is 0.181 e. The van der Waals surface area contributed by atoms with Gasteiger partial charge in [-0.05, 0) is 62.4 Å². The van der Waals surface area contributed by atoms with Crippen LogP contribution in [0.4, 0.5) is 10.1 Å². The molecule has 1 aliphatic heterocycles. The number of hydrogen-bond acceptors (Lipinski definition) is 4. The van der Waals surface area contributed by atoms with Gasteiger partial charge in [0, 0.05) is 23.5 Å². The number of rotatable bonds is 3. The summed E-state index contributed by atoms with van der Waals surface area (Å²) in [6.45, 7) is 3.94. The Morgan fingerprint density at radius 2 is 2.07 bits per heavy atom. The first-order chi connectivity index (χ1) is 13.1. The van der Waals surface area contributed by atoms with E-state index in [2.05, 4.69) is 16.1 Å². The van der Waals surface area contributed by atoms with Gasteiger partial charge in [0.05, 0.1) is 5.70 Å². The van der Waals surface area contributed by atoms with E-state index in [1.165, 1.54) is 30.9 Å². The van der Waals surface area contributed by atoms with E-state index in [1.807, 2.05) is 31.1 Å². The number of anilines is 1. The van der Waals surface area contributed by atoms with E-state index < -0.39 is 0 Å². The molecule has 5 rings (SSSR count). The monoisotopic (exact) mass is 364 g/mol. The molecule has 1 unspecified atom stereocenters. The number of allylic oxidation sites excluding steroid dienone is 1. The van der Waals surface area contributed by atoms with Crippen LogP contribution in [0.15, 0.2) is 48.6 Å². The van der Waals surface area contributed by atoms with E-state index in [-0.39, 0.29) is 12.0 Å². The van der Waals surface area contributed by atoms with E-state index in [4.69, 9.17) is 4.74 Å². The van der Waals surface area contributed by atoms with Crippen molar-refractivity contribution >= 4 is 16.7 Å². The highest BCUT2D eigenvalue weighted by Crippen LogP contribution is 2.37. The fourth-order valence-corrected chi connectivity index (χ4v) is 3.86. The van der Waals surface area contributed by atoms with Crippen LogP contribution in [0.2, 0.25) is 0 Å². The largest absolute Gasteiger partial charge is 0.476 e. The normalized spacial score (nSPS) is 19.9. The van der Waals surface area contributed by atoms with Crippen molar-refractivity contribution in [2.24, 2.45) is 0 Å². The first kappa shape index (κ1) is 16.3. The number of ether oxygens (including phenoxy) is 1. The lowest BCUT2D eigenvalue weighted by Gasteiger charge is -2.25. The maximum atomic E-state index is 14.6. The van der Waals surface area contributed by atoms with Crippen LogP contribution < -0.4 is 4.90 Å².